The minimum atomic E-state index is -0.246. The van der Waals surface area contributed by atoms with Crippen molar-refractivity contribution in [3.8, 4) is 0 Å². The van der Waals surface area contributed by atoms with E-state index >= 15 is 0 Å². The summed E-state index contributed by atoms with van der Waals surface area (Å²) in [6, 6.07) is 13.9. The van der Waals surface area contributed by atoms with Crippen molar-refractivity contribution in [2.24, 2.45) is 0 Å². The van der Waals surface area contributed by atoms with Crippen molar-refractivity contribution < 1.29 is 9.53 Å². The number of benzene rings is 1. The van der Waals surface area contributed by atoms with E-state index in [1.165, 1.54) is 4.70 Å². The third-order valence-corrected chi connectivity index (χ3v) is 5.83. The Kier molecular flexibility index (Phi) is 3.34. The summed E-state index contributed by atoms with van der Waals surface area (Å²) in [6.07, 6.45) is 1.39. The van der Waals surface area contributed by atoms with Crippen molar-refractivity contribution in [3.63, 3.8) is 0 Å². The number of hydrogen-bond donors (Lipinski definition) is 0. The van der Waals surface area contributed by atoms with Crippen molar-refractivity contribution in [1.29, 1.82) is 0 Å². The normalized spacial score (nSPS) is 22.5. The fourth-order valence-corrected chi connectivity index (χ4v) is 4.49. The predicted octanol–water partition coefficient (Wildman–Crippen LogP) is 2.90. The highest BCUT2D eigenvalue weighted by atomic mass is 32.1. The second-order valence-electron chi connectivity index (χ2n) is 6.31. The number of anilines is 1. The second kappa shape index (κ2) is 5.70. The Bertz CT molecular complexity index is 896. The number of pyridine rings is 1. The highest BCUT2D eigenvalue weighted by molar-refractivity contribution is 7.22. The average Bonchev–Trinajstić information content (AvgIpc) is 3.30. The molecule has 2 saturated heterocycles. The van der Waals surface area contributed by atoms with Crippen LogP contribution in [-0.2, 0) is 11.3 Å². The summed E-state index contributed by atoms with van der Waals surface area (Å²) < 4.78 is 6.77. The molecule has 2 aliphatic rings. The molecule has 7 heteroatoms. The van der Waals surface area contributed by atoms with E-state index in [-0.39, 0.29) is 18.2 Å². The van der Waals surface area contributed by atoms with Gasteiger partial charge in [-0.3, -0.25) is 9.88 Å². The number of para-hydroxylation sites is 1. The van der Waals surface area contributed by atoms with Gasteiger partial charge in [0.1, 0.15) is 6.10 Å². The topological polar surface area (TPSA) is 58.6 Å². The fourth-order valence-electron chi connectivity index (χ4n) is 3.50. The zero-order valence-electron chi connectivity index (χ0n) is 13.4. The van der Waals surface area contributed by atoms with Gasteiger partial charge in [0, 0.05) is 12.7 Å². The van der Waals surface area contributed by atoms with E-state index < -0.39 is 0 Å². The van der Waals surface area contributed by atoms with Gasteiger partial charge in [0.25, 0.3) is 0 Å². The van der Waals surface area contributed by atoms with E-state index in [2.05, 4.69) is 16.0 Å². The molecule has 0 N–H and O–H groups in total. The molecule has 2 fully saturated rings. The Labute approximate surface area is 148 Å². The van der Waals surface area contributed by atoms with Crippen LogP contribution in [0, 0.1) is 0 Å². The summed E-state index contributed by atoms with van der Waals surface area (Å²) in [4.78, 5) is 25.3. The van der Waals surface area contributed by atoms with Gasteiger partial charge in [-0.2, -0.15) is 0 Å². The first-order valence-electron chi connectivity index (χ1n) is 8.25. The van der Waals surface area contributed by atoms with Crippen LogP contribution in [0.4, 0.5) is 9.93 Å². The van der Waals surface area contributed by atoms with Gasteiger partial charge >= 0.3 is 6.09 Å². The Morgan fingerprint density at radius 2 is 2.04 bits per heavy atom. The van der Waals surface area contributed by atoms with Crippen molar-refractivity contribution in [3.05, 3.63) is 54.4 Å². The summed E-state index contributed by atoms with van der Waals surface area (Å²) in [7, 11) is 0. The van der Waals surface area contributed by atoms with Crippen molar-refractivity contribution >= 4 is 32.8 Å². The summed E-state index contributed by atoms with van der Waals surface area (Å²) in [5, 5.41) is 0.990. The summed E-state index contributed by atoms with van der Waals surface area (Å²) in [6.45, 7) is 1.91. The van der Waals surface area contributed by atoms with Crippen LogP contribution in [0.5, 0.6) is 0 Å². The fraction of sp³-hybridized carbons (Fsp3) is 0.278. The molecule has 25 heavy (non-hydrogen) atoms. The van der Waals surface area contributed by atoms with Crippen LogP contribution < -0.4 is 4.90 Å². The van der Waals surface area contributed by atoms with E-state index in [0.29, 0.717) is 13.1 Å². The van der Waals surface area contributed by atoms with Crippen LogP contribution in [0.25, 0.3) is 10.2 Å². The number of aromatic nitrogens is 2. The van der Waals surface area contributed by atoms with Crippen molar-refractivity contribution in [2.45, 2.75) is 18.7 Å². The minimum absolute atomic E-state index is 0.0431. The molecule has 3 aromatic rings. The highest BCUT2D eigenvalue weighted by Crippen LogP contribution is 2.35. The molecule has 126 valence electrons. The summed E-state index contributed by atoms with van der Waals surface area (Å²) >= 11 is 1.68. The van der Waals surface area contributed by atoms with Gasteiger partial charge in [-0.05, 0) is 24.3 Å². The van der Waals surface area contributed by atoms with Crippen LogP contribution in [0.1, 0.15) is 5.69 Å². The molecule has 4 heterocycles. The Morgan fingerprint density at radius 1 is 1.16 bits per heavy atom. The maximum atomic E-state index is 12.2. The molecule has 1 aromatic carbocycles. The third kappa shape index (κ3) is 2.51. The maximum absolute atomic E-state index is 12.2. The number of carbonyl (C=O) groups is 1. The van der Waals surface area contributed by atoms with Crippen LogP contribution in [0.15, 0.2) is 48.7 Å². The Morgan fingerprint density at radius 3 is 2.88 bits per heavy atom. The number of hydrogen-bond acceptors (Lipinski definition) is 6. The first-order chi connectivity index (χ1) is 12.3. The summed E-state index contributed by atoms with van der Waals surface area (Å²) in [5.41, 5.74) is 1.89. The molecule has 0 unspecified atom stereocenters. The van der Waals surface area contributed by atoms with Gasteiger partial charge in [-0.1, -0.05) is 29.5 Å². The number of rotatable bonds is 3. The van der Waals surface area contributed by atoms with E-state index in [0.717, 1.165) is 22.9 Å². The molecule has 0 spiro atoms. The maximum Gasteiger partial charge on any atom is 0.410 e. The molecular weight excluding hydrogens is 336 g/mol. The molecule has 0 saturated carbocycles. The number of nitrogens with zero attached hydrogens (tertiary/aromatic N) is 4. The van der Waals surface area contributed by atoms with E-state index in [1.807, 2.05) is 36.4 Å². The van der Waals surface area contributed by atoms with Gasteiger partial charge in [0.05, 0.1) is 35.0 Å². The third-order valence-electron chi connectivity index (χ3n) is 4.74. The molecule has 0 aliphatic carbocycles. The van der Waals surface area contributed by atoms with Crippen LogP contribution in [-0.4, -0.2) is 46.2 Å². The molecule has 1 amide bonds. The van der Waals surface area contributed by atoms with Gasteiger partial charge in [0.15, 0.2) is 5.13 Å². The largest absolute Gasteiger partial charge is 0.442 e. The molecule has 0 radical (unpaired) electrons. The predicted molar refractivity (Wildman–Crippen MR) is 95.7 cm³/mol. The monoisotopic (exact) mass is 352 g/mol. The van der Waals surface area contributed by atoms with E-state index in [4.69, 9.17) is 9.72 Å². The SMILES string of the molecule is O=C1O[C@@H]2CN(c3nc4ccccc4s3)C[C@@H]2N1Cc1ccccn1. The quantitative estimate of drug-likeness (QED) is 0.725. The molecule has 5 rings (SSSR count). The molecule has 2 aliphatic heterocycles. The molecular formula is C18H16N4O2S. The van der Waals surface area contributed by atoms with Crippen LogP contribution in [0.3, 0.4) is 0 Å². The number of fused-ring (bicyclic) bond motifs is 2. The number of amides is 1. The van der Waals surface area contributed by atoms with Crippen molar-refractivity contribution in [1.82, 2.24) is 14.9 Å². The first-order valence-corrected chi connectivity index (χ1v) is 9.07. The average molecular weight is 352 g/mol. The van der Waals surface area contributed by atoms with Gasteiger partial charge < -0.3 is 9.64 Å². The first kappa shape index (κ1) is 14.7. The Hall–Kier alpha value is -2.67. The molecule has 6 nitrogen and oxygen atoms in total. The van der Waals surface area contributed by atoms with Crippen LogP contribution >= 0.6 is 11.3 Å². The van der Waals surface area contributed by atoms with Crippen molar-refractivity contribution in [2.75, 3.05) is 18.0 Å². The standard InChI is InChI=1S/C18H16N4O2S/c23-18-22(9-12-5-3-4-8-19-12)14-10-21(11-15(14)24-18)17-20-13-6-1-2-7-16(13)25-17/h1-8,14-15H,9-11H2/t14-,15+/m0/s1. The summed E-state index contributed by atoms with van der Waals surface area (Å²) in [5.74, 6) is 0. The second-order valence-corrected chi connectivity index (χ2v) is 7.32. The zero-order valence-corrected chi connectivity index (χ0v) is 14.2. The number of thiazole rings is 1. The minimum Gasteiger partial charge on any atom is -0.442 e. The molecule has 0 bridgehead atoms. The molecule has 2 atom stereocenters. The van der Waals surface area contributed by atoms with Gasteiger partial charge in [-0.15, -0.1) is 0 Å². The van der Waals surface area contributed by atoms with Crippen LogP contribution in [0.2, 0.25) is 0 Å². The lowest BCUT2D eigenvalue weighted by molar-refractivity contribution is 0.135. The van der Waals surface area contributed by atoms with E-state index in [9.17, 15) is 4.79 Å². The molecule has 2 aromatic heterocycles. The lowest BCUT2D eigenvalue weighted by atomic mass is 10.2. The van der Waals surface area contributed by atoms with Gasteiger partial charge in [0.2, 0.25) is 0 Å². The smallest absolute Gasteiger partial charge is 0.410 e. The number of ether oxygens (including phenoxy) is 1. The highest BCUT2D eigenvalue weighted by Gasteiger charge is 2.48. The number of carbonyl (C=O) groups excluding carboxylic acids is 1. The van der Waals surface area contributed by atoms with Gasteiger partial charge in [-0.25, -0.2) is 9.78 Å². The lowest BCUT2D eigenvalue weighted by Gasteiger charge is -2.21. The lowest BCUT2D eigenvalue weighted by Crippen LogP contribution is -2.37. The van der Waals surface area contributed by atoms with E-state index in [1.54, 1.807) is 22.4 Å². The zero-order chi connectivity index (χ0) is 16.8. The Balaban J connectivity index is 1.37.